The van der Waals surface area contributed by atoms with Gasteiger partial charge in [-0.2, -0.15) is 0 Å². The fourth-order valence-corrected chi connectivity index (χ4v) is 4.69. The minimum atomic E-state index is -3.93. The Kier molecular flexibility index (Phi) is 5.96. The third-order valence-electron chi connectivity index (χ3n) is 5.38. The Labute approximate surface area is 199 Å². The van der Waals surface area contributed by atoms with Crippen LogP contribution in [0.5, 0.6) is 0 Å². The third-order valence-corrected chi connectivity index (χ3v) is 6.80. The molecule has 0 radical (unpaired) electrons. The maximum Gasteiger partial charge on any atom is 0.300 e. The molecule has 1 unspecified atom stereocenters. The van der Waals surface area contributed by atoms with Gasteiger partial charge in [-0.25, -0.2) is 13.6 Å². The zero-order valence-corrected chi connectivity index (χ0v) is 19.8. The first-order chi connectivity index (χ1) is 15.6. The normalized spacial score (nSPS) is 18.0. The van der Waals surface area contributed by atoms with Crippen molar-refractivity contribution in [2.45, 2.75) is 17.9 Å². The molecular formula is C24H19BrN2O5S. The van der Waals surface area contributed by atoms with Crippen molar-refractivity contribution in [3.8, 4) is 0 Å². The second kappa shape index (κ2) is 8.58. The average Bonchev–Trinajstić information content (AvgIpc) is 3.04. The molecule has 1 aliphatic heterocycles. The lowest BCUT2D eigenvalue weighted by Gasteiger charge is -2.25. The van der Waals surface area contributed by atoms with Gasteiger partial charge < -0.3 is 5.11 Å². The molecule has 3 N–H and O–H groups in total. The Morgan fingerprint density at radius 1 is 1.00 bits per heavy atom. The molecule has 0 bridgehead atoms. The van der Waals surface area contributed by atoms with Gasteiger partial charge in [0.05, 0.1) is 16.5 Å². The first-order valence-corrected chi connectivity index (χ1v) is 12.2. The molecule has 3 aromatic carbocycles. The smallest absolute Gasteiger partial charge is 0.300 e. The van der Waals surface area contributed by atoms with E-state index in [2.05, 4.69) is 15.9 Å². The van der Waals surface area contributed by atoms with E-state index in [4.69, 9.17) is 5.14 Å². The molecule has 33 heavy (non-hydrogen) atoms. The number of aliphatic hydroxyl groups is 1. The number of hydrogen-bond acceptors (Lipinski definition) is 5. The highest BCUT2D eigenvalue weighted by Crippen LogP contribution is 2.42. The van der Waals surface area contributed by atoms with Crippen LogP contribution in [0.25, 0.3) is 5.76 Å². The van der Waals surface area contributed by atoms with Gasteiger partial charge in [-0.1, -0.05) is 57.9 Å². The quantitative estimate of drug-likeness (QED) is 0.302. The summed E-state index contributed by atoms with van der Waals surface area (Å²) < 4.78 is 24.0. The largest absolute Gasteiger partial charge is 0.507 e. The summed E-state index contributed by atoms with van der Waals surface area (Å²) in [4.78, 5) is 27.4. The highest BCUT2D eigenvalue weighted by atomic mass is 79.9. The van der Waals surface area contributed by atoms with Crippen molar-refractivity contribution < 1.29 is 23.1 Å². The molecule has 0 aromatic heterocycles. The molecule has 1 heterocycles. The fourth-order valence-electron chi connectivity index (χ4n) is 3.75. The van der Waals surface area contributed by atoms with Crippen molar-refractivity contribution in [3.63, 3.8) is 0 Å². The van der Waals surface area contributed by atoms with Gasteiger partial charge in [-0.05, 0) is 48.9 Å². The summed E-state index contributed by atoms with van der Waals surface area (Å²) in [5, 5.41) is 16.3. The SMILES string of the molecule is Cc1ccc(/C(O)=C2\C(=O)C(=O)N(c3ccc(S(N)(=O)=O)cc3)C2c2cccc(Br)c2)cc1. The summed E-state index contributed by atoms with van der Waals surface area (Å²) in [6, 6.07) is 18.4. The summed E-state index contributed by atoms with van der Waals surface area (Å²) in [6.07, 6.45) is 0. The first-order valence-electron chi connectivity index (χ1n) is 9.84. The molecule has 1 amide bonds. The monoisotopic (exact) mass is 526 g/mol. The minimum absolute atomic E-state index is 0.0579. The number of halogens is 1. The van der Waals surface area contributed by atoms with Crippen LogP contribution in [0.1, 0.15) is 22.7 Å². The number of amides is 1. The predicted molar refractivity (Wildman–Crippen MR) is 128 cm³/mol. The molecule has 4 rings (SSSR count). The number of anilines is 1. The lowest BCUT2D eigenvalue weighted by atomic mass is 9.95. The summed E-state index contributed by atoms with van der Waals surface area (Å²) in [7, 11) is -3.93. The number of nitrogens with zero attached hydrogens (tertiary/aromatic N) is 1. The summed E-state index contributed by atoms with van der Waals surface area (Å²) in [5.74, 6) is -1.97. The number of nitrogens with two attached hydrogens (primary N) is 1. The van der Waals surface area contributed by atoms with Crippen molar-refractivity contribution in [3.05, 3.63) is 99.5 Å². The van der Waals surface area contributed by atoms with Crippen LogP contribution in [-0.4, -0.2) is 25.2 Å². The molecular weight excluding hydrogens is 508 g/mol. The fraction of sp³-hybridized carbons (Fsp3) is 0.0833. The summed E-state index contributed by atoms with van der Waals surface area (Å²) in [6.45, 7) is 1.90. The van der Waals surface area contributed by atoms with Crippen LogP contribution in [0.4, 0.5) is 5.69 Å². The number of hydrogen-bond donors (Lipinski definition) is 2. The number of sulfonamides is 1. The van der Waals surface area contributed by atoms with Gasteiger partial charge in [0.15, 0.2) is 0 Å². The Balaban J connectivity index is 1.92. The minimum Gasteiger partial charge on any atom is -0.507 e. The van der Waals surface area contributed by atoms with E-state index >= 15 is 0 Å². The van der Waals surface area contributed by atoms with E-state index in [1.54, 1.807) is 48.5 Å². The van der Waals surface area contributed by atoms with E-state index in [1.807, 2.05) is 6.92 Å². The number of carbonyl (C=O) groups is 2. The number of Topliss-reactive ketones (excluding diaryl/α,β-unsaturated/α-hetero) is 1. The molecule has 1 aliphatic rings. The van der Waals surface area contributed by atoms with Gasteiger partial charge in [0.2, 0.25) is 10.0 Å². The van der Waals surface area contributed by atoms with Gasteiger partial charge in [-0.15, -0.1) is 0 Å². The Morgan fingerprint density at radius 2 is 1.64 bits per heavy atom. The molecule has 3 aromatic rings. The van der Waals surface area contributed by atoms with Crippen LogP contribution in [0.3, 0.4) is 0 Å². The maximum atomic E-state index is 13.1. The number of primary sulfonamides is 1. The molecule has 7 nitrogen and oxygen atoms in total. The standard InChI is InChI=1S/C24H19BrN2O5S/c1-14-5-7-15(8-6-14)22(28)20-21(16-3-2-4-17(25)13-16)27(24(30)23(20)29)18-9-11-19(12-10-18)33(26,31)32/h2-13,21,28H,1H3,(H2,26,31,32)/b22-20+. The van der Waals surface area contributed by atoms with Gasteiger partial charge in [0.25, 0.3) is 11.7 Å². The lowest BCUT2D eigenvalue weighted by Crippen LogP contribution is -2.29. The second-order valence-electron chi connectivity index (χ2n) is 7.63. The van der Waals surface area contributed by atoms with E-state index < -0.39 is 27.8 Å². The maximum absolute atomic E-state index is 13.1. The van der Waals surface area contributed by atoms with Crippen molar-refractivity contribution >= 4 is 49.1 Å². The molecule has 9 heteroatoms. The second-order valence-corrected chi connectivity index (χ2v) is 10.1. The zero-order chi connectivity index (χ0) is 23.9. The molecule has 1 fully saturated rings. The number of aryl methyl sites for hydroxylation is 1. The van der Waals surface area contributed by atoms with Crippen LogP contribution in [0.15, 0.2) is 87.7 Å². The number of ketones is 1. The Morgan fingerprint density at radius 3 is 2.21 bits per heavy atom. The molecule has 0 spiro atoms. The van der Waals surface area contributed by atoms with Crippen LogP contribution in [0.2, 0.25) is 0 Å². The number of carbonyl (C=O) groups excluding carboxylic acids is 2. The van der Waals surface area contributed by atoms with E-state index in [0.29, 0.717) is 11.1 Å². The number of benzene rings is 3. The molecule has 1 atom stereocenters. The van der Waals surface area contributed by atoms with E-state index in [-0.39, 0.29) is 21.9 Å². The van der Waals surface area contributed by atoms with Crippen LogP contribution >= 0.6 is 15.9 Å². The van der Waals surface area contributed by atoms with Gasteiger partial charge in [0, 0.05) is 15.7 Å². The number of aliphatic hydroxyl groups excluding tert-OH is 1. The predicted octanol–water partition coefficient (Wildman–Crippen LogP) is 4.03. The number of rotatable bonds is 4. The Bertz CT molecular complexity index is 1400. The van der Waals surface area contributed by atoms with Gasteiger partial charge in [-0.3, -0.25) is 14.5 Å². The highest BCUT2D eigenvalue weighted by Gasteiger charge is 2.47. The van der Waals surface area contributed by atoms with Crippen LogP contribution in [-0.2, 0) is 19.6 Å². The van der Waals surface area contributed by atoms with Crippen LogP contribution in [0, 0.1) is 6.92 Å². The van der Waals surface area contributed by atoms with Gasteiger partial charge >= 0.3 is 0 Å². The van der Waals surface area contributed by atoms with E-state index in [0.717, 1.165) is 10.0 Å². The van der Waals surface area contributed by atoms with Crippen molar-refractivity contribution in [1.82, 2.24) is 0 Å². The van der Waals surface area contributed by atoms with E-state index in [9.17, 15) is 23.1 Å². The molecule has 168 valence electrons. The topological polar surface area (TPSA) is 118 Å². The Hall–Kier alpha value is -3.27. The third kappa shape index (κ3) is 4.35. The van der Waals surface area contributed by atoms with E-state index in [1.165, 1.54) is 29.2 Å². The highest BCUT2D eigenvalue weighted by molar-refractivity contribution is 9.10. The summed E-state index contributed by atoms with van der Waals surface area (Å²) >= 11 is 3.41. The first kappa shape index (κ1) is 22.9. The van der Waals surface area contributed by atoms with Crippen molar-refractivity contribution in [2.24, 2.45) is 5.14 Å². The lowest BCUT2D eigenvalue weighted by molar-refractivity contribution is -0.132. The molecule has 0 saturated carbocycles. The van der Waals surface area contributed by atoms with Gasteiger partial charge in [0.1, 0.15) is 5.76 Å². The molecule has 0 aliphatic carbocycles. The summed E-state index contributed by atoms with van der Waals surface area (Å²) in [5.41, 5.74) is 2.20. The molecule has 1 saturated heterocycles. The zero-order valence-electron chi connectivity index (χ0n) is 17.4. The van der Waals surface area contributed by atoms with Crippen LogP contribution < -0.4 is 10.0 Å². The van der Waals surface area contributed by atoms with Crippen molar-refractivity contribution in [1.29, 1.82) is 0 Å². The average molecular weight is 527 g/mol. The van der Waals surface area contributed by atoms with Crippen molar-refractivity contribution in [2.75, 3.05) is 4.90 Å².